The maximum absolute atomic E-state index is 12.4. The molecule has 0 aliphatic carbocycles. The molecule has 0 radical (unpaired) electrons. The smallest absolute Gasteiger partial charge is 0.223 e. The van der Waals surface area contributed by atoms with Crippen molar-refractivity contribution in [3.05, 3.63) is 22.4 Å². The first-order valence-electron chi connectivity index (χ1n) is 6.78. The van der Waals surface area contributed by atoms with E-state index in [2.05, 4.69) is 37.1 Å². The highest BCUT2D eigenvalue weighted by molar-refractivity contribution is 7.09. The van der Waals surface area contributed by atoms with E-state index in [4.69, 9.17) is 0 Å². The number of likely N-dealkylation sites (N-methyl/N-ethyl adjacent to an activating group) is 1. The molecule has 4 heteroatoms. The van der Waals surface area contributed by atoms with Crippen molar-refractivity contribution in [2.45, 2.75) is 39.2 Å². The monoisotopic (exact) mass is 282 g/mol. The third-order valence-electron chi connectivity index (χ3n) is 3.05. The molecular weight excluding hydrogens is 256 g/mol. The summed E-state index contributed by atoms with van der Waals surface area (Å²) in [5.74, 6) is 0.253. The average molecular weight is 282 g/mol. The summed E-state index contributed by atoms with van der Waals surface area (Å²) in [7, 11) is 4.08. The van der Waals surface area contributed by atoms with Gasteiger partial charge in [-0.25, -0.2) is 0 Å². The molecule has 0 aromatic carbocycles. The van der Waals surface area contributed by atoms with E-state index in [0.29, 0.717) is 6.42 Å². The summed E-state index contributed by atoms with van der Waals surface area (Å²) >= 11 is 1.72. The van der Waals surface area contributed by atoms with Crippen LogP contribution in [-0.4, -0.2) is 48.4 Å². The first-order chi connectivity index (χ1) is 8.80. The van der Waals surface area contributed by atoms with Crippen molar-refractivity contribution in [1.29, 1.82) is 0 Å². The van der Waals surface area contributed by atoms with Gasteiger partial charge in [0.2, 0.25) is 5.91 Å². The quantitative estimate of drug-likeness (QED) is 0.801. The standard InChI is InChI=1S/C15H26N2OS/c1-15(2,3)17(11-10-16(4)5)14(18)9-8-13-7-6-12-19-13/h6-7,12H,8-11H2,1-5H3. The summed E-state index contributed by atoms with van der Waals surface area (Å²) in [6.45, 7) is 8.00. The second-order valence-electron chi connectivity index (χ2n) is 6.10. The Bertz CT molecular complexity index is 379. The van der Waals surface area contributed by atoms with E-state index in [1.54, 1.807) is 11.3 Å². The van der Waals surface area contributed by atoms with Crippen LogP contribution in [0.25, 0.3) is 0 Å². The van der Waals surface area contributed by atoms with Crippen LogP contribution in [0.15, 0.2) is 17.5 Å². The Morgan fingerprint density at radius 1 is 1.26 bits per heavy atom. The number of hydrogen-bond donors (Lipinski definition) is 0. The number of nitrogens with zero attached hydrogens (tertiary/aromatic N) is 2. The number of hydrogen-bond acceptors (Lipinski definition) is 3. The topological polar surface area (TPSA) is 23.6 Å². The van der Waals surface area contributed by atoms with Crippen molar-refractivity contribution in [3.8, 4) is 0 Å². The lowest BCUT2D eigenvalue weighted by Crippen LogP contribution is -2.48. The normalized spacial score (nSPS) is 11.9. The molecule has 0 saturated carbocycles. The molecule has 0 atom stereocenters. The molecule has 0 unspecified atom stereocenters. The number of amides is 1. The first kappa shape index (κ1) is 16.2. The van der Waals surface area contributed by atoms with Crippen molar-refractivity contribution in [2.75, 3.05) is 27.2 Å². The van der Waals surface area contributed by atoms with E-state index >= 15 is 0 Å². The van der Waals surface area contributed by atoms with Gasteiger partial charge >= 0.3 is 0 Å². The van der Waals surface area contributed by atoms with Crippen LogP contribution in [0.3, 0.4) is 0 Å². The number of aryl methyl sites for hydroxylation is 1. The number of carbonyl (C=O) groups excluding carboxylic acids is 1. The fourth-order valence-corrected chi connectivity index (χ4v) is 2.66. The van der Waals surface area contributed by atoms with Gasteiger partial charge in [-0.05, 0) is 52.7 Å². The highest BCUT2D eigenvalue weighted by Crippen LogP contribution is 2.17. The van der Waals surface area contributed by atoms with E-state index in [9.17, 15) is 4.79 Å². The molecule has 0 bridgehead atoms. The summed E-state index contributed by atoms with van der Waals surface area (Å²) < 4.78 is 0. The molecule has 1 rings (SSSR count). The minimum atomic E-state index is -0.109. The molecule has 0 fully saturated rings. The molecule has 3 nitrogen and oxygen atoms in total. The molecule has 108 valence electrons. The first-order valence-corrected chi connectivity index (χ1v) is 7.66. The second kappa shape index (κ2) is 7.06. The number of rotatable bonds is 6. The zero-order valence-electron chi connectivity index (χ0n) is 12.8. The maximum atomic E-state index is 12.4. The van der Waals surface area contributed by atoms with Crippen LogP contribution in [0.1, 0.15) is 32.1 Å². The third-order valence-corrected chi connectivity index (χ3v) is 3.98. The van der Waals surface area contributed by atoms with Crippen LogP contribution in [0.4, 0.5) is 0 Å². The summed E-state index contributed by atoms with van der Waals surface area (Å²) in [4.78, 5) is 17.8. The van der Waals surface area contributed by atoms with Crippen LogP contribution in [-0.2, 0) is 11.2 Å². The molecule has 0 spiro atoms. The summed E-state index contributed by atoms with van der Waals surface area (Å²) in [5.41, 5.74) is -0.109. The van der Waals surface area contributed by atoms with Gasteiger partial charge in [0.25, 0.3) is 0 Å². The number of carbonyl (C=O) groups is 1. The van der Waals surface area contributed by atoms with Crippen LogP contribution in [0.2, 0.25) is 0 Å². The van der Waals surface area contributed by atoms with Gasteiger partial charge in [-0.2, -0.15) is 0 Å². The minimum absolute atomic E-state index is 0.109. The van der Waals surface area contributed by atoms with Gasteiger partial charge in [-0.15, -0.1) is 11.3 Å². The predicted octanol–water partition coefficient (Wildman–Crippen LogP) is 2.87. The summed E-state index contributed by atoms with van der Waals surface area (Å²) in [6, 6.07) is 4.14. The van der Waals surface area contributed by atoms with E-state index in [-0.39, 0.29) is 11.4 Å². The van der Waals surface area contributed by atoms with Crippen LogP contribution in [0, 0.1) is 0 Å². The minimum Gasteiger partial charge on any atom is -0.337 e. The van der Waals surface area contributed by atoms with Gasteiger partial charge in [0.15, 0.2) is 0 Å². The molecular formula is C15H26N2OS. The molecule has 1 amide bonds. The highest BCUT2D eigenvalue weighted by atomic mass is 32.1. The molecule has 0 saturated heterocycles. The Kier molecular flexibility index (Phi) is 6.01. The van der Waals surface area contributed by atoms with Crippen molar-refractivity contribution < 1.29 is 4.79 Å². The van der Waals surface area contributed by atoms with Gasteiger partial charge < -0.3 is 9.80 Å². The molecule has 0 aliphatic heterocycles. The van der Waals surface area contributed by atoms with E-state index in [1.165, 1.54) is 4.88 Å². The fourth-order valence-electron chi connectivity index (χ4n) is 1.95. The zero-order valence-corrected chi connectivity index (χ0v) is 13.6. The Morgan fingerprint density at radius 3 is 2.42 bits per heavy atom. The van der Waals surface area contributed by atoms with E-state index in [0.717, 1.165) is 19.5 Å². The SMILES string of the molecule is CN(C)CCN(C(=O)CCc1cccs1)C(C)(C)C. The maximum Gasteiger partial charge on any atom is 0.223 e. The predicted molar refractivity (Wildman–Crippen MR) is 82.7 cm³/mol. The van der Waals surface area contributed by atoms with Gasteiger partial charge in [-0.1, -0.05) is 6.07 Å². The molecule has 19 heavy (non-hydrogen) atoms. The van der Waals surface area contributed by atoms with E-state index < -0.39 is 0 Å². The largest absolute Gasteiger partial charge is 0.337 e. The fraction of sp³-hybridized carbons (Fsp3) is 0.667. The van der Waals surface area contributed by atoms with Gasteiger partial charge in [0, 0.05) is 29.9 Å². The van der Waals surface area contributed by atoms with E-state index in [1.807, 2.05) is 25.1 Å². The average Bonchev–Trinajstić information content (AvgIpc) is 2.76. The lowest BCUT2D eigenvalue weighted by atomic mass is 10.0. The molecule has 0 aliphatic rings. The van der Waals surface area contributed by atoms with Gasteiger partial charge in [0.05, 0.1) is 0 Å². The second-order valence-corrected chi connectivity index (χ2v) is 7.13. The summed E-state index contributed by atoms with van der Waals surface area (Å²) in [6.07, 6.45) is 1.45. The highest BCUT2D eigenvalue weighted by Gasteiger charge is 2.25. The lowest BCUT2D eigenvalue weighted by molar-refractivity contribution is -0.136. The third kappa shape index (κ3) is 5.74. The lowest BCUT2D eigenvalue weighted by Gasteiger charge is -2.36. The van der Waals surface area contributed by atoms with Crippen molar-refractivity contribution >= 4 is 17.2 Å². The molecule has 1 aromatic heterocycles. The Morgan fingerprint density at radius 2 is 1.95 bits per heavy atom. The Balaban J connectivity index is 2.56. The van der Waals surface area contributed by atoms with Crippen LogP contribution in [0.5, 0.6) is 0 Å². The van der Waals surface area contributed by atoms with Gasteiger partial charge in [0.1, 0.15) is 0 Å². The number of thiophene rings is 1. The van der Waals surface area contributed by atoms with Crippen molar-refractivity contribution in [2.24, 2.45) is 0 Å². The summed E-state index contributed by atoms with van der Waals surface area (Å²) in [5, 5.41) is 2.06. The Labute approximate surface area is 121 Å². The molecule has 1 aromatic rings. The van der Waals surface area contributed by atoms with Crippen molar-refractivity contribution in [1.82, 2.24) is 9.80 Å². The van der Waals surface area contributed by atoms with Gasteiger partial charge in [-0.3, -0.25) is 4.79 Å². The zero-order chi connectivity index (χ0) is 14.5. The molecule has 0 N–H and O–H groups in total. The van der Waals surface area contributed by atoms with Crippen molar-refractivity contribution in [3.63, 3.8) is 0 Å². The van der Waals surface area contributed by atoms with Crippen LogP contribution >= 0.6 is 11.3 Å². The molecule has 1 heterocycles. The van der Waals surface area contributed by atoms with Crippen LogP contribution < -0.4 is 0 Å². The Hall–Kier alpha value is -0.870.